The number of carbonyl (C=O) groups excluding carboxylic acids is 2. The summed E-state index contributed by atoms with van der Waals surface area (Å²) in [4.78, 5) is 44.3. The molecule has 10 nitrogen and oxygen atoms in total. The number of carbonyl (C=O) groups is 2. The van der Waals surface area contributed by atoms with Crippen molar-refractivity contribution < 1.29 is 14.5 Å². The molecule has 2 N–H and O–H groups in total. The number of fused-ring (bicyclic) bond motifs is 1. The maximum atomic E-state index is 13.2. The molecule has 176 valence electrons. The molecule has 2 aliphatic heterocycles. The lowest BCUT2D eigenvalue weighted by atomic mass is 10.1. The second kappa shape index (κ2) is 10.2. The number of nitro groups is 1. The molecule has 0 saturated carbocycles. The third-order valence-corrected chi connectivity index (χ3v) is 6.86. The lowest BCUT2D eigenvalue weighted by molar-refractivity contribution is -0.403. The van der Waals surface area contributed by atoms with Gasteiger partial charge in [0.25, 0.3) is 6.20 Å². The Morgan fingerprint density at radius 2 is 2.03 bits per heavy atom. The lowest BCUT2D eigenvalue weighted by Crippen LogP contribution is -2.49. The Balaban J connectivity index is 1.47. The van der Waals surface area contributed by atoms with E-state index in [4.69, 9.17) is 0 Å². The zero-order chi connectivity index (χ0) is 23.4. The molecule has 33 heavy (non-hydrogen) atoms. The van der Waals surface area contributed by atoms with E-state index in [1.54, 1.807) is 21.1 Å². The van der Waals surface area contributed by atoms with E-state index in [1.165, 1.54) is 0 Å². The van der Waals surface area contributed by atoms with Crippen LogP contribution < -0.4 is 10.6 Å². The largest absolute Gasteiger partial charge is 0.355 e. The third kappa shape index (κ3) is 5.78. The second-order valence-electron chi connectivity index (χ2n) is 8.41. The standard InChI is InChI=1S/C22H28N6O4S/c1-15-23-18-12-16(7-8-19(18)33-15)24-20(13-28(31)32)25-17-6-2-3-11-27(22(17)30)14-21(29)26-9-4-5-10-26/h7-8,12-13,17,24-25H,2-6,9-11,14H2,1H3. The molecular weight excluding hydrogens is 444 g/mol. The molecular formula is C22H28N6O4S. The quantitative estimate of drug-likeness (QED) is 0.469. The Morgan fingerprint density at radius 3 is 2.79 bits per heavy atom. The van der Waals surface area contributed by atoms with E-state index in [9.17, 15) is 19.7 Å². The number of rotatable bonds is 7. The Hall–Kier alpha value is -3.21. The highest BCUT2D eigenvalue weighted by molar-refractivity contribution is 7.18. The summed E-state index contributed by atoms with van der Waals surface area (Å²) in [5.41, 5.74) is 1.44. The van der Waals surface area contributed by atoms with Gasteiger partial charge in [0, 0.05) is 25.3 Å². The van der Waals surface area contributed by atoms with Crippen LogP contribution in [-0.4, -0.2) is 63.7 Å². The Bertz CT molecular complexity index is 1080. The first-order valence-corrected chi connectivity index (χ1v) is 12.0. The Morgan fingerprint density at radius 1 is 1.27 bits per heavy atom. The smallest absolute Gasteiger partial charge is 0.274 e. The minimum absolute atomic E-state index is 0.0347. The molecule has 1 aromatic heterocycles. The average molecular weight is 473 g/mol. The number of thiazole rings is 1. The first kappa shape index (κ1) is 23.0. The molecule has 1 unspecified atom stereocenters. The summed E-state index contributed by atoms with van der Waals surface area (Å²) in [5.74, 6) is -0.119. The molecule has 4 rings (SSSR count). The number of aromatic nitrogens is 1. The van der Waals surface area contributed by atoms with E-state index in [1.807, 2.05) is 25.1 Å². The monoisotopic (exact) mass is 472 g/mol. The van der Waals surface area contributed by atoms with Gasteiger partial charge in [-0.25, -0.2) is 4.98 Å². The molecule has 2 saturated heterocycles. The van der Waals surface area contributed by atoms with Crippen LogP contribution in [-0.2, 0) is 9.59 Å². The fraction of sp³-hybridized carbons (Fsp3) is 0.500. The molecule has 0 radical (unpaired) electrons. The highest BCUT2D eigenvalue weighted by atomic mass is 32.1. The molecule has 0 bridgehead atoms. The summed E-state index contributed by atoms with van der Waals surface area (Å²) in [6.45, 7) is 3.97. The first-order chi connectivity index (χ1) is 15.9. The highest BCUT2D eigenvalue weighted by Gasteiger charge is 2.30. The van der Waals surface area contributed by atoms with Gasteiger partial charge in [0.1, 0.15) is 6.04 Å². The molecule has 2 aromatic rings. The number of aryl methyl sites for hydroxylation is 1. The van der Waals surface area contributed by atoms with Crippen molar-refractivity contribution in [2.45, 2.75) is 45.1 Å². The molecule has 11 heteroatoms. The molecule has 0 spiro atoms. The van der Waals surface area contributed by atoms with Crippen molar-refractivity contribution in [2.75, 3.05) is 31.5 Å². The predicted octanol–water partition coefficient (Wildman–Crippen LogP) is 2.69. The maximum absolute atomic E-state index is 13.2. The van der Waals surface area contributed by atoms with Crippen molar-refractivity contribution in [1.29, 1.82) is 0 Å². The first-order valence-electron chi connectivity index (χ1n) is 11.2. The van der Waals surface area contributed by atoms with Crippen molar-refractivity contribution in [3.63, 3.8) is 0 Å². The molecule has 3 heterocycles. The number of anilines is 1. The number of nitrogens with one attached hydrogen (secondary N) is 2. The summed E-state index contributed by atoms with van der Waals surface area (Å²) in [7, 11) is 0. The van der Waals surface area contributed by atoms with Gasteiger partial charge in [-0.1, -0.05) is 0 Å². The van der Waals surface area contributed by atoms with Crippen molar-refractivity contribution in [1.82, 2.24) is 20.1 Å². The number of benzene rings is 1. The summed E-state index contributed by atoms with van der Waals surface area (Å²) < 4.78 is 1.03. The predicted molar refractivity (Wildman–Crippen MR) is 126 cm³/mol. The topological polar surface area (TPSA) is 121 Å². The van der Waals surface area contributed by atoms with Crippen LogP contribution in [0.2, 0.25) is 0 Å². The second-order valence-corrected chi connectivity index (χ2v) is 9.64. The van der Waals surface area contributed by atoms with E-state index in [0.29, 0.717) is 18.7 Å². The molecule has 2 aliphatic rings. The summed E-state index contributed by atoms with van der Waals surface area (Å²) in [6.07, 6.45) is 4.93. The van der Waals surface area contributed by atoms with Crippen LogP contribution in [0.5, 0.6) is 0 Å². The van der Waals surface area contributed by atoms with Crippen LogP contribution in [0.15, 0.2) is 30.2 Å². The number of hydrogen-bond donors (Lipinski definition) is 2. The minimum Gasteiger partial charge on any atom is -0.355 e. The van der Waals surface area contributed by atoms with Crippen LogP contribution in [0, 0.1) is 17.0 Å². The van der Waals surface area contributed by atoms with Crippen molar-refractivity contribution >= 4 is 39.1 Å². The SMILES string of the molecule is Cc1nc2cc(NC(=C[N+](=O)[O-])NC3CCCCN(CC(=O)N4CCCC4)C3=O)ccc2s1. The van der Waals surface area contributed by atoms with E-state index in [0.717, 1.165) is 60.2 Å². The van der Waals surface area contributed by atoms with Gasteiger partial charge < -0.3 is 20.4 Å². The van der Waals surface area contributed by atoms with Crippen molar-refractivity contribution in [2.24, 2.45) is 0 Å². The van der Waals surface area contributed by atoms with Crippen molar-refractivity contribution in [3.05, 3.63) is 45.3 Å². The van der Waals surface area contributed by atoms with Crippen LogP contribution in [0.4, 0.5) is 5.69 Å². The number of amides is 2. The van der Waals surface area contributed by atoms with Gasteiger partial charge in [0.2, 0.25) is 11.8 Å². The van der Waals surface area contributed by atoms with Gasteiger partial charge >= 0.3 is 0 Å². The average Bonchev–Trinajstić information content (AvgIpc) is 3.39. The molecule has 1 aromatic carbocycles. The van der Waals surface area contributed by atoms with Crippen LogP contribution in [0.25, 0.3) is 10.2 Å². The van der Waals surface area contributed by atoms with Gasteiger partial charge in [0.15, 0.2) is 5.82 Å². The van der Waals surface area contributed by atoms with Gasteiger partial charge in [-0.05, 0) is 57.2 Å². The van der Waals surface area contributed by atoms with Gasteiger partial charge in [-0.2, -0.15) is 0 Å². The highest BCUT2D eigenvalue weighted by Crippen LogP contribution is 2.25. The minimum atomic E-state index is -0.650. The summed E-state index contributed by atoms with van der Waals surface area (Å²) in [6, 6.07) is 4.91. The maximum Gasteiger partial charge on any atom is 0.274 e. The van der Waals surface area contributed by atoms with E-state index < -0.39 is 11.0 Å². The van der Waals surface area contributed by atoms with E-state index in [-0.39, 0.29) is 24.2 Å². The normalized spacial score (nSPS) is 19.6. The summed E-state index contributed by atoms with van der Waals surface area (Å²) >= 11 is 1.58. The van der Waals surface area contributed by atoms with Crippen LogP contribution >= 0.6 is 11.3 Å². The van der Waals surface area contributed by atoms with Crippen LogP contribution in [0.1, 0.15) is 37.1 Å². The van der Waals surface area contributed by atoms with Gasteiger partial charge in [0.05, 0.1) is 26.7 Å². The van der Waals surface area contributed by atoms with E-state index in [2.05, 4.69) is 15.6 Å². The van der Waals surface area contributed by atoms with Crippen LogP contribution in [0.3, 0.4) is 0 Å². The lowest BCUT2D eigenvalue weighted by Gasteiger charge is -2.27. The fourth-order valence-electron chi connectivity index (χ4n) is 4.30. The number of likely N-dealkylation sites (tertiary alicyclic amines) is 2. The van der Waals surface area contributed by atoms with Gasteiger partial charge in [-0.15, -0.1) is 11.3 Å². The molecule has 1 atom stereocenters. The molecule has 2 fully saturated rings. The molecule has 0 aliphatic carbocycles. The fourth-order valence-corrected chi connectivity index (χ4v) is 5.11. The summed E-state index contributed by atoms with van der Waals surface area (Å²) in [5, 5.41) is 18.2. The Kier molecular flexibility index (Phi) is 7.07. The zero-order valence-electron chi connectivity index (χ0n) is 18.6. The number of hydrogen-bond acceptors (Lipinski definition) is 8. The molecule has 2 amide bonds. The van der Waals surface area contributed by atoms with E-state index >= 15 is 0 Å². The van der Waals surface area contributed by atoms with Gasteiger partial charge in [-0.3, -0.25) is 19.7 Å². The van der Waals surface area contributed by atoms with Crippen molar-refractivity contribution in [3.8, 4) is 0 Å². The third-order valence-electron chi connectivity index (χ3n) is 5.90. The number of nitrogens with zero attached hydrogens (tertiary/aromatic N) is 4. The Labute approximate surface area is 195 Å². The zero-order valence-corrected chi connectivity index (χ0v) is 19.4.